The molecule has 3 heterocycles. The van der Waals surface area contributed by atoms with Crippen LogP contribution in [-0.4, -0.2) is 71.1 Å². The van der Waals surface area contributed by atoms with E-state index < -0.39 is 0 Å². The molecule has 3 heteroatoms. The van der Waals surface area contributed by atoms with Gasteiger partial charge in [-0.25, -0.2) is 0 Å². The van der Waals surface area contributed by atoms with Gasteiger partial charge in [0.05, 0.1) is 0 Å². The van der Waals surface area contributed by atoms with Gasteiger partial charge in [0.1, 0.15) is 0 Å². The van der Waals surface area contributed by atoms with Crippen LogP contribution in [0, 0.1) is 16.7 Å². The summed E-state index contributed by atoms with van der Waals surface area (Å²) in [5.74, 6) is 0.756. The normalized spacial score (nSPS) is 31.1. The van der Waals surface area contributed by atoms with Crippen molar-refractivity contribution in [3.05, 3.63) is 0 Å². The molecule has 164 valence electrons. The molecule has 0 aromatic carbocycles. The summed E-state index contributed by atoms with van der Waals surface area (Å²) in [7, 11) is 0. The summed E-state index contributed by atoms with van der Waals surface area (Å²) < 4.78 is 0. The van der Waals surface area contributed by atoms with Crippen LogP contribution in [0.2, 0.25) is 0 Å². The van der Waals surface area contributed by atoms with Gasteiger partial charge in [-0.15, -0.1) is 0 Å². The van der Waals surface area contributed by atoms with E-state index in [2.05, 4.69) is 77.0 Å². The average molecular weight is 392 g/mol. The average Bonchev–Trinajstić information content (AvgIpc) is 2.46. The third kappa shape index (κ3) is 3.69. The lowest BCUT2D eigenvalue weighted by Gasteiger charge is -2.62. The second-order valence-corrected chi connectivity index (χ2v) is 11.7. The largest absolute Gasteiger partial charge is 0.300 e. The van der Waals surface area contributed by atoms with Crippen molar-refractivity contribution in [2.75, 3.05) is 26.2 Å². The highest BCUT2D eigenvalue weighted by Gasteiger charge is 2.53. The van der Waals surface area contributed by atoms with Crippen molar-refractivity contribution >= 4 is 0 Å². The highest BCUT2D eigenvalue weighted by Crippen LogP contribution is 2.47. The van der Waals surface area contributed by atoms with Crippen molar-refractivity contribution in [1.29, 1.82) is 0 Å². The minimum absolute atomic E-state index is 0.343. The Morgan fingerprint density at radius 3 is 1.61 bits per heavy atom. The lowest BCUT2D eigenvalue weighted by molar-refractivity contribution is -0.129. The molecule has 0 aromatic rings. The molecule has 3 nitrogen and oxygen atoms in total. The first kappa shape index (κ1) is 22.6. The SMILES string of the molecule is CCC(C(C)C)N1CCC1C(C)(C)[C@@H](C)N1CCC1C(C)(C)[C@H](C)N1CCC1. The highest BCUT2D eigenvalue weighted by atomic mass is 15.3. The van der Waals surface area contributed by atoms with Gasteiger partial charge in [-0.2, -0.15) is 0 Å². The number of hydrogen-bond donors (Lipinski definition) is 0. The van der Waals surface area contributed by atoms with E-state index in [-0.39, 0.29) is 0 Å². The van der Waals surface area contributed by atoms with E-state index in [0.717, 1.165) is 24.0 Å². The maximum atomic E-state index is 2.88. The molecule has 28 heavy (non-hydrogen) atoms. The Balaban J connectivity index is 1.69. The molecular weight excluding hydrogens is 342 g/mol. The third-order valence-electron chi connectivity index (χ3n) is 9.54. The first-order valence-corrected chi connectivity index (χ1v) is 12.3. The van der Waals surface area contributed by atoms with E-state index in [9.17, 15) is 0 Å². The lowest BCUT2D eigenvalue weighted by Crippen LogP contribution is -2.70. The maximum absolute atomic E-state index is 2.88. The van der Waals surface area contributed by atoms with E-state index in [1.165, 1.54) is 51.9 Å². The minimum atomic E-state index is 0.343. The predicted octanol–water partition coefficient (Wildman–Crippen LogP) is 5.10. The number of nitrogens with zero attached hydrogens (tertiary/aromatic N) is 3. The summed E-state index contributed by atoms with van der Waals surface area (Å²) in [6, 6.07) is 3.56. The molecule has 3 aliphatic rings. The Hall–Kier alpha value is -0.120. The van der Waals surface area contributed by atoms with Crippen molar-refractivity contribution < 1.29 is 0 Å². The third-order valence-corrected chi connectivity index (χ3v) is 9.54. The van der Waals surface area contributed by atoms with Gasteiger partial charge in [0.15, 0.2) is 0 Å². The van der Waals surface area contributed by atoms with Crippen LogP contribution in [0.25, 0.3) is 0 Å². The zero-order valence-corrected chi connectivity index (χ0v) is 20.5. The van der Waals surface area contributed by atoms with Gasteiger partial charge in [0.25, 0.3) is 0 Å². The Morgan fingerprint density at radius 2 is 1.25 bits per heavy atom. The van der Waals surface area contributed by atoms with Crippen molar-refractivity contribution in [2.24, 2.45) is 16.7 Å². The van der Waals surface area contributed by atoms with Crippen molar-refractivity contribution in [3.63, 3.8) is 0 Å². The molecular formula is C25H49N3. The molecule has 0 bridgehead atoms. The minimum Gasteiger partial charge on any atom is -0.300 e. The van der Waals surface area contributed by atoms with E-state index in [0.29, 0.717) is 22.9 Å². The smallest absolute Gasteiger partial charge is 0.0176 e. The zero-order chi connectivity index (χ0) is 20.9. The molecule has 3 unspecified atom stereocenters. The van der Waals surface area contributed by atoms with E-state index >= 15 is 0 Å². The second-order valence-electron chi connectivity index (χ2n) is 11.7. The fourth-order valence-electron chi connectivity index (χ4n) is 6.55. The van der Waals surface area contributed by atoms with Crippen LogP contribution in [0.1, 0.15) is 88.0 Å². The van der Waals surface area contributed by atoms with Crippen molar-refractivity contribution in [3.8, 4) is 0 Å². The topological polar surface area (TPSA) is 9.72 Å². The molecule has 3 fully saturated rings. The van der Waals surface area contributed by atoms with E-state index in [1.807, 2.05) is 0 Å². The van der Waals surface area contributed by atoms with Crippen LogP contribution in [0.3, 0.4) is 0 Å². The van der Waals surface area contributed by atoms with Crippen LogP contribution in [0.5, 0.6) is 0 Å². The standard InChI is InChI=1S/C25H49N3/c1-10-21(18(2)3)28-17-13-23(28)25(8,9)20(5)27-16-12-22(27)24(6,7)19(4)26-14-11-15-26/h18-23H,10-17H2,1-9H3/t19-,20+,21?,22?,23?/m0/s1. The molecule has 0 amide bonds. The molecule has 0 aromatic heterocycles. The van der Waals surface area contributed by atoms with E-state index in [1.54, 1.807) is 0 Å². The van der Waals surface area contributed by atoms with Gasteiger partial charge >= 0.3 is 0 Å². The lowest BCUT2D eigenvalue weighted by atomic mass is 9.66. The first-order chi connectivity index (χ1) is 13.0. The second kappa shape index (κ2) is 8.19. The van der Waals surface area contributed by atoms with Crippen molar-refractivity contribution in [1.82, 2.24) is 14.7 Å². The van der Waals surface area contributed by atoms with Crippen LogP contribution in [0.15, 0.2) is 0 Å². The zero-order valence-electron chi connectivity index (χ0n) is 20.5. The molecule has 0 N–H and O–H groups in total. The Morgan fingerprint density at radius 1 is 0.750 bits per heavy atom. The van der Waals surface area contributed by atoms with Gasteiger partial charge in [-0.3, -0.25) is 14.7 Å². The fourth-order valence-corrected chi connectivity index (χ4v) is 6.55. The predicted molar refractivity (Wildman–Crippen MR) is 122 cm³/mol. The van der Waals surface area contributed by atoms with Gasteiger partial charge in [0, 0.05) is 43.3 Å². The van der Waals surface area contributed by atoms with Crippen LogP contribution < -0.4 is 0 Å². The molecule has 0 spiro atoms. The number of likely N-dealkylation sites (tertiary alicyclic amines) is 3. The molecule has 0 radical (unpaired) electrons. The van der Waals surface area contributed by atoms with Crippen molar-refractivity contribution in [2.45, 2.75) is 118 Å². The Kier molecular flexibility index (Phi) is 6.60. The van der Waals surface area contributed by atoms with Gasteiger partial charge in [-0.1, -0.05) is 48.5 Å². The first-order valence-electron chi connectivity index (χ1n) is 12.3. The molecule has 0 aliphatic carbocycles. The highest BCUT2D eigenvalue weighted by molar-refractivity contribution is 5.07. The van der Waals surface area contributed by atoms with Gasteiger partial charge in [0.2, 0.25) is 0 Å². The summed E-state index contributed by atoms with van der Waals surface area (Å²) in [5, 5.41) is 0. The van der Waals surface area contributed by atoms with Crippen LogP contribution in [-0.2, 0) is 0 Å². The van der Waals surface area contributed by atoms with Crippen LogP contribution >= 0.6 is 0 Å². The molecule has 5 atom stereocenters. The Labute approximate surface area is 176 Å². The molecule has 3 aliphatic heterocycles. The molecule has 3 saturated heterocycles. The molecule has 0 saturated carbocycles. The summed E-state index contributed by atoms with van der Waals surface area (Å²) in [6.07, 6.45) is 5.44. The summed E-state index contributed by atoms with van der Waals surface area (Å²) in [6.45, 7) is 27.6. The Bertz CT molecular complexity index is 522. The quantitative estimate of drug-likeness (QED) is 0.541. The maximum Gasteiger partial charge on any atom is 0.0176 e. The van der Waals surface area contributed by atoms with E-state index in [4.69, 9.17) is 0 Å². The number of rotatable bonds is 9. The van der Waals surface area contributed by atoms with Crippen LogP contribution in [0.4, 0.5) is 0 Å². The molecule has 3 rings (SSSR count). The summed E-state index contributed by atoms with van der Waals surface area (Å²) in [5.41, 5.74) is 0.710. The fraction of sp³-hybridized carbons (Fsp3) is 1.00. The number of hydrogen-bond acceptors (Lipinski definition) is 3. The summed E-state index contributed by atoms with van der Waals surface area (Å²) >= 11 is 0. The monoisotopic (exact) mass is 391 g/mol. The summed E-state index contributed by atoms with van der Waals surface area (Å²) in [4.78, 5) is 8.43. The van der Waals surface area contributed by atoms with Gasteiger partial charge in [-0.05, 0) is 69.4 Å². The van der Waals surface area contributed by atoms with Gasteiger partial charge < -0.3 is 0 Å².